The van der Waals surface area contributed by atoms with Gasteiger partial charge in [-0.2, -0.15) is 0 Å². The van der Waals surface area contributed by atoms with Crippen molar-refractivity contribution in [3.05, 3.63) is 42.0 Å². The number of nitrogen functional groups attached to an aromatic ring is 1. The van der Waals surface area contributed by atoms with Crippen molar-refractivity contribution < 1.29 is 0 Å². The van der Waals surface area contributed by atoms with Gasteiger partial charge < -0.3 is 10.3 Å². The fraction of sp³-hybridized carbons (Fsp3) is 0.357. The molecule has 0 bridgehead atoms. The number of hydrogen-bond donors (Lipinski definition) is 1. The summed E-state index contributed by atoms with van der Waals surface area (Å²) in [5, 5.41) is 0. The lowest BCUT2D eigenvalue weighted by atomic mass is 9.93. The second-order valence-corrected chi connectivity index (χ2v) is 5.46. The first kappa shape index (κ1) is 11.7. The average Bonchev–Trinajstić information content (AvgIpc) is 2.65. The molecule has 1 heterocycles. The molecule has 0 aliphatic heterocycles. The molecule has 2 rings (SSSR count). The van der Waals surface area contributed by atoms with Crippen molar-refractivity contribution in [3.63, 3.8) is 0 Å². The third kappa shape index (κ3) is 2.33. The molecule has 0 spiro atoms. The maximum Gasteiger partial charge on any atom is 0.0995 e. The molecule has 2 aromatic rings. The van der Waals surface area contributed by atoms with Gasteiger partial charge in [0.2, 0.25) is 0 Å². The number of anilines is 1. The predicted octanol–water partition coefficient (Wildman–Crippen LogP) is 3.06. The van der Waals surface area contributed by atoms with Crippen LogP contribution in [0.4, 0.5) is 5.69 Å². The van der Waals surface area contributed by atoms with Crippen molar-refractivity contribution in [2.24, 2.45) is 0 Å². The number of aryl methyl sites for hydroxylation is 1. The van der Waals surface area contributed by atoms with E-state index in [2.05, 4.69) is 43.4 Å². The first-order valence-electron chi connectivity index (χ1n) is 5.79. The summed E-state index contributed by atoms with van der Waals surface area (Å²) in [5.74, 6) is 0. The second-order valence-electron chi connectivity index (χ2n) is 5.46. The standard InChI is InChI=1S/C14H19N3/c1-10-7-11(15)5-6-12(10)17-8-13(16-9-17)14(2,3)4/h5-9H,15H2,1-4H3. The highest BCUT2D eigenvalue weighted by atomic mass is 15.0. The summed E-state index contributed by atoms with van der Waals surface area (Å²) in [6.07, 6.45) is 3.94. The largest absolute Gasteiger partial charge is 0.399 e. The molecule has 3 nitrogen and oxygen atoms in total. The number of rotatable bonds is 1. The zero-order chi connectivity index (χ0) is 12.6. The molecule has 0 amide bonds. The maximum absolute atomic E-state index is 5.76. The van der Waals surface area contributed by atoms with Crippen molar-refractivity contribution >= 4 is 5.69 Å². The van der Waals surface area contributed by atoms with Gasteiger partial charge in [0.25, 0.3) is 0 Å². The number of hydrogen-bond acceptors (Lipinski definition) is 2. The lowest BCUT2D eigenvalue weighted by Crippen LogP contribution is -2.11. The molecule has 2 N–H and O–H groups in total. The Morgan fingerprint density at radius 2 is 1.94 bits per heavy atom. The van der Waals surface area contributed by atoms with Gasteiger partial charge in [0, 0.05) is 23.0 Å². The third-order valence-corrected chi connectivity index (χ3v) is 2.85. The molecule has 1 aromatic carbocycles. The fourth-order valence-corrected chi connectivity index (χ4v) is 1.81. The van der Waals surface area contributed by atoms with Crippen molar-refractivity contribution in [3.8, 4) is 5.69 Å². The van der Waals surface area contributed by atoms with E-state index in [0.717, 1.165) is 22.6 Å². The Kier molecular flexibility index (Phi) is 2.69. The molecule has 0 atom stereocenters. The van der Waals surface area contributed by atoms with Crippen LogP contribution < -0.4 is 5.73 Å². The average molecular weight is 229 g/mol. The molecule has 90 valence electrons. The van der Waals surface area contributed by atoms with Crippen LogP contribution in [0.3, 0.4) is 0 Å². The third-order valence-electron chi connectivity index (χ3n) is 2.85. The molecular weight excluding hydrogens is 210 g/mol. The van der Waals surface area contributed by atoms with E-state index < -0.39 is 0 Å². The van der Waals surface area contributed by atoms with E-state index in [1.54, 1.807) is 0 Å². The Labute approximate surface area is 102 Å². The number of benzene rings is 1. The quantitative estimate of drug-likeness (QED) is 0.764. The molecule has 3 heteroatoms. The van der Waals surface area contributed by atoms with Gasteiger partial charge in [-0.05, 0) is 30.7 Å². The Hall–Kier alpha value is -1.77. The van der Waals surface area contributed by atoms with Crippen molar-refractivity contribution in [2.45, 2.75) is 33.1 Å². The first-order chi connectivity index (χ1) is 7.88. The number of nitrogens with two attached hydrogens (primary N) is 1. The highest BCUT2D eigenvalue weighted by molar-refractivity contribution is 5.51. The van der Waals surface area contributed by atoms with Crippen molar-refractivity contribution in [1.29, 1.82) is 0 Å². The maximum atomic E-state index is 5.76. The van der Waals surface area contributed by atoms with Crippen LogP contribution in [0.25, 0.3) is 5.69 Å². The minimum atomic E-state index is 0.0764. The number of nitrogens with zero attached hydrogens (tertiary/aromatic N) is 2. The van der Waals surface area contributed by atoms with Gasteiger partial charge in [-0.25, -0.2) is 4.98 Å². The zero-order valence-corrected chi connectivity index (χ0v) is 10.9. The van der Waals surface area contributed by atoms with E-state index in [4.69, 9.17) is 5.73 Å². The SMILES string of the molecule is Cc1cc(N)ccc1-n1cnc(C(C)(C)C)c1. The molecular formula is C14H19N3. The van der Waals surface area contributed by atoms with Gasteiger partial charge in [-0.1, -0.05) is 20.8 Å². The molecule has 0 aliphatic carbocycles. The molecule has 0 radical (unpaired) electrons. The Balaban J connectivity index is 2.44. The van der Waals surface area contributed by atoms with E-state index in [-0.39, 0.29) is 5.41 Å². The summed E-state index contributed by atoms with van der Waals surface area (Å²) < 4.78 is 2.05. The van der Waals surface area contributed by atoms with Crippen molar-refractivity contribution in [2.75, 3.05) is 5.73 Å². The number of aromatic nitrogens is 2. The van der Waals surface area contributed by atoms with E-state index in [1.165, 1.54) is 0 Å². The predicted molar refractivity (Wildman–Crippen MR) is 71.4 cm³/mol. The van der Waals surface area contributed by atoms with Crippen LogP contribution >= 0.6 is 0 Å². The van der Waals surface area contributed by atoms with Crippen LogP contribution in [0, 0.1) is 6.92 Å². The summed E-state index contributed by atoms with van der Waals surface area (Å²) >= 11 is 0. The topological polar surface area (TPSA) is 43.8 Å². The second kappa shape index (κ2) is 3.91. The van der Waals surface area contributed by atoms with Gasteiger partial charge in [-0.3, -0.25) is 0 Å². The van der Waals surface area contributed by atoms with E-state index in [0.29, 0.717) is 0 Å². The van der Waals surface area contributed by atoms with Gasteiger partial charge in [-0.15, -0.1) is 0 Å². The van der Waals surface area contributed by atoms with Crippen LogP contribution in [0.1, 0.15) is 32.0 Å². The summed E-state index contributed by atoms with van der Waals surface area (Å²) in [6, 6.07) is 5.92. The van der Waals surface area contributed by atoms with Gasteiger partial charge in [0.15, 0.2) is 0 Å². The van der Waals surface area contributed by atoms with E-state index >= 15 is 0 Å². The smallest absolute Gasteiger partial charge is 0.0995 e. The zero-order valence-electron chi connectivity index (χ0n) is 10.9. The lowest BCUT2D eigenvalue weighted by molar-refractivity contribution is 0.572. The monoisotopic (exact) mass is 229 g/mol. The van der Waals surface area contributed by atoms with Crippen LogP contribution in [-0.2, 0) is 5.41 Å². The molecule has 1 aromatic heterocycles. The normalized spacial score (nSPS) is 11.8. The van der Waals surface area contributed by atoms with Gasteiger partial charge in [0.1, 0.15) is 0 Å². The molecule has 0 saturated carbocycles. The Morgan fingerprint density at radius 3 is 2.47 bits per heavy atom. The highest BCUT2D eigenvalue weighted by Crippen LogP contribution is 2.23. The Bertz CT molecular complexity index is 533. The van der Waals surface area contributed by atoms with Gasteiger partial charge in [0.05, 0.1) is 12.0 Å². The molecule has 0 saturated heterocycles. The fourth-order valence-electron chi connectivity index (χ4n) is 1.81. The van der Waals surface area contributed by atoms with Crippen LogP contribution in [0.5, 0.6) is 0 Å². The first-order valence-corrected chi connectivity index (χ1v) is 5.79. The molecule has 17 heavy (non-hydrogen) atoms. The Morgan fingerprint density at radius 1 is 1.24 bits per heavy atom. The summed E-state index contributed by atoms with van der Waals surface area (Å²) in [7, 11) is 0. The van der Waals surface area contributed by atoms with E-state index in [1.807, 2.05) is 24.5 Å². The highest BCUT2D eigenvalue weighted by Gasteiger charge is 2.17. The molecule has 0 unspecified atom stereocenters. The van der Waals surface area contributed by atoms with Crippen LogP contribution in [-0.4, -0.2) is 9.55 Å². The number of imidazole rings is 1. The summed E-state index contributed by atoms with van der Waals surface area (Å²) in [6.45, 7) is 8.54. The lowest BCUT2D eigenvalue weighted by Gasteiger charge is -2.14. The van der Waals surface area contributed by atoms with E-state index in [9.17, 15) is 0 Å². The van der Waals surface area contributed by atoms with Crippen molar-refractivity contribution in [1.82, 2.24) is 9.55 Å². The molecule has 0 aliphatic rings. The van der Waals surface area contributed by atoms with Gasteiger partial charge >= 0.3 is 0 Å². The molecule has 0 fully saturated rings. The minimum Gasteiger partial charge on any atom is -0.399 e. The van der Waals surface area contributed by atoms with Crippen LogP contribution in [0.2, 0.25) is 0 Å². The summed E-state index contributed by atoms with van der Waals surface area (Å²) in [4.78, 5) is 4.46. The summed E-state index contributed by atoms with van der Waals surface area (Å²) in [5.41, 5.74) is 10.00. The minimum absolute atomic E-state index is 0.0764. The van der Waals surface area contributed by atoms with Crippen LogP contribution in [0.15, 0.2) is 30.7 Å².